The molecule has 1 atom stereocenters. The second kappa shape index (κ2) is 7.01. The second-order valence-electron chi connectivity index (χ2n) is 6.98. The zero-order valence-electron chi connectivity index (χ0n) is 15.6. The maximum absolute atomic E-state index is 5.80. The van der Waals surface area contributed by atoms with Gasteiger partial charge in [0.15, 0.2) is 11.6 Å². The van der Waals surface area contributed by atoms with Crippen LogP contribution in [0.3, 0.4) is 0 Å². The molecule has 0 fully saturated rings. The molecule has 0 bridgehead atoms. The fourth-order valence-corrected chi connectivity index (χ4v) is 3.88. The molecule has 1 unspecified atom stereocenters. The number of pyridine rings is 1. The Kier molecular flexibility index (Phi) is 4.21. The molecule has 4 aromatic rings. The quantitative estimate of drug-likeness (QED) is 0.548. The fraction of sp³-hybridized carbons (Fsp3) is 0.238. The molecular weight excluding hydrogens is 352 g/mol. The third-order valence-electron chi connectivity index (χ3n) is 5.17. The van der Waals surface area contributed by atoms with Gasteiger partial charge in [-0.1, -0.05) is 30.3 Å². The Bertz CT molecular complexity index is 1090. The summed E-state index contributed by atoms with van der Waals surface area (Å²) in [6.07, 6.45) is 2.71. The van der Waals surface area contributed by atoms with Gasteiger partial charge in [-0.05, 0) is 59.2 Å². The van der Waals surface area contributed by atoms with Crippen molar-refractivity contribution >= 4 is 0 Å². The molecule has 0 spiro atoms. The van der Waals surface area contributed by atoms with Crippen LogP contribution in [-0.2, 0) is 13.0 Å². The van der Waals surface area contributed by atoms with Crippen molar-refractivity contribution in [3.63, 3.8) is 0 Å². The van der Waals surface area contributed by atoms with Crippen LogP contribution in [0.5, 0.6) is 0 Å². The topological polar surface area (TPSA) is 72.9 Å². The first-order valence-electron chi connectivity index (χ1n) is 9.36. The molecule has 1 aromatic carbocycles. The molecule has 1 aliphatic heterocycles. The Hall–Kier alpha value is -3.32. The van der Waals surface area contributed by atoms with E-state index in [1.165, 1.54) is 11.1 Å². The maximum Gasteiger partial charge on any atom is 0.172 e. The van der Waals surface area contributed by atoms with Crippen LogP contribution in [0.2, 0.25) is 0 Å². The van der Waals surface area contributed by atoms with Crippen molar-refractivity contribution < 1.29 is 4.42 Å². The van der Waals surface area contributed by atoms with E-state index in [9.17, 15) is 0 Å². The van der Waals surface area contributed by atoms with E-state index in [1.54, 1.807) is 10.9 Å². The average molecular weight is 372 g/mol. The summed E-state index contributed by atoms with van der Waals surface area (Å²) in [6, 6.07) is 18.4. The van der Waals surface area contributed by atoms with Crippen molar-refractivity contribution in [2.45, 2.75) is 25.9 Å². The third-order valence-corrected chi connectivity index (χ3v) is 5.17. The van der Waals surface area contributed by atoms with E-state index in [1.807, 2.05) is 37.3 Å². The summed E-state index contributed by atoms with van der Waals surface area (Å²) in [4.78, 5) is 6.92. The SMILES string of the molecule is Cc1cccc(-n2nnnc2CN2CCc3ccccc3C2c2ccco2)n1. The molecule has 5 rings (SSSR count). The zero-order valence-corrected chi connectivity index (χ0v) is 15.6. The van der Waals surface area contributed by atoms with Crippen LogP contribution in [0.4, 0.5) is 0 Å². The molecule has 0 aliphatic carbocycles. The summed E-state index contributed by atoms with van der Waals surface area (Å²) >= 11 is 0. The number of hydrogen-bond acceptors (Lipinski definition) is 6. The number of rotatable bonds is 4. The monoisotopic (exact) mass is 372 g/mol. The second-order valence-corrected chi connectivity index (χ2v) is 6.98. The summed E-state index contributed by atoms with van der Waals surface area (Å²) < 4.78 is 7.51. The van der Waals surface area contributed by atoms with E-state index in [-0.39, 0.29) is 6.04 Å². The Morgan fingerprint density at radius 1 is 1.07 bits per heavy atom. The lowest BCUT2D eigenvalue weighted by Crippen LogP contribution is -2.36. The van der Waals surface area contributed by atoms with E-state index in [0.29, 0.717) is 6.54 Å². The predicted molar refractivity (Wildman–Crippen MR) is 103 cm³/mol. The van der Waals surface area contributed by atoms with E-state index < -0.39 is 0 Å². The van der Waals surface area contributed by atoms with Crippen LogP contribution in [0.25, 0.3) is 5.82 Å². The summed E-state index contributed by atoms with van der Waals surface area (Å²) in [7, 11) is 0. The molecule has 28 heavy (non-hydrogen) atoms. The number of aromatic nitrogens is 5. The minimum absolute atomic E-state index is 0.0376. The number of hydrogen-bond donors (Lipinski definition) is 0. The molecule has 7 heteroatoms. The molecular formula is C21H20N6O. The van der Waals surface area contributed by atoms with Crippen molar-refractivity contribution in [2.24, 2.45) is 0 Å². The lowest BCUT2D eigenvalue weighted by molar-refractivity contribution is 0.177. The van der Waals surface area contributed by atoms with Crippen LogP contribution in [0.1, 0.15) is 34.4 Å². The van der Waals surface area contributed by atoms with Crippen molar-refractivity contribution in [3.8, 4) is 5.82 Å². The van der Waals surface area contributed by atoms with E-state index in [0.717, 1.165) is 36.1 Å². The van der Waals surface area contributed by atoms with Gasteiger partial charge in [0.05, 0.1) is 18.8 Å². The lowest BCUT2D eigenvalue weighted by atomic mass is 9.91. The molecule has 0 saturated heterocycles. The number of fused-ring (bicyclic) bond motifs is 1. The average Bonchev–Trinajstić information content (AvgIpc) is 3.40. The van der Waals surface area contributed by atoms with Crippen LogP contribution in [0, 0.1) is 6.92 Å². The highest BCUT2D eigenvalue weighted by molar-refractivity contribution is 5.37. The van der Waals surface area contributed by atoms with Crippen LogP contribution in [-0.4, -0.2) is 36.6 Å². The Morgan fingerprint density at radius 2 is 2.00 bits per heavy atom. The van der Waals surface area contributed by atoms with Gasteiger partial charge in [-0.3, -0.25) is 4.90 Å². The summed E-state index contributed by atoms with van der Waals surface area (Å²) in [5.74, 6) is 2.42. The third kappa shape index (κ3) is 2.99. The van der Waals surface area contributed by atoms with Gasteiger partial charge in [0.2, 0.25) is 0 Å². The molecule has 140 valence electrons. The van der Waals surface area contributed by atoms with E-state index in [2.05, 4.69) is 49.7 Å². The maximum atomic E-state index is 5.80. The Balaban J connectivity index is 1.51. The lowest BCUT2D eigenvalue weighted by Gasteiger charge is -2.35. The molecule has 1 aliphatic rings. The molecule has 0 N–H and O–H groups in total. The smallest absolute Gasteiger partial charge is 0.172 e. The molecule has 0 amide bonds. The first-order valence-corrected chi connectivity index (χ1v) is 9.36. The van der Waals surface area contributed by atoms with Crippen molar-refractivity contribution in [1.29, 1.82) is 0 Å². The van der Waals surface area contributed by atoms with Gasteiger partial charge >= 0.3 is 0 Å². The molecule has 3 aromatic heterocycles. The van der Waals surface area contributed by atoms with Crippen molar-refractivity contribution in [3.05, 3.63) is 89.3 Å². The van der Waals surface area contributed by atoms with Gasteiger partial charge in [-0.25, -0.2) is 4.98 Å². The highest BCUT2D eigenvalue weighted by Gasteiger charge is 2.31. The number of furan rings is 1. The molecule has 0 saturated carbocycles. The number of benzene rings is 1. The Morgan fingerprint density at radius 3 is 2.86 bits per heavy atom. The highest BCUT2D eigenvalue weighted by atomic mass is 16.3. The first kappa shape index (κ1) is 16.8. The zero-order chi connectivity index (χ0) is 18.9. The molecule has 0 radical (unpaired) electrons. The van der Waals surface area contributed by atoms with Crippen molar-refractivity contribution in [2.75, 3.05) is 6.54 Å². The van der Waals surface area contributed by atoms with Gasteiger partial charge in [0.1, 0.15) is 5.76 Å². The van der Waals surface area contributed by atoms with Crippen molar-refractivity contribution in [1.82, 2.24) is 30.1 Å². The molecule has 7 nitrogen and oxygen atoms in total. The largest absolute Gasteiger partial charge is 0.467 e. The standard InChI is InChI=1S/C21H20N6O/c1-15-6-4-10-19(22-15)27-20(23-24-25-27)14-26-12-11-16-7-2-3-8-17(16)21(26)18-9-5-13-28-18/h2-10,13,21H,11-12,14H2,1H3. The minimum Gasteiger partial charge on any atom is -0.467 e. The van der Waals surface area contributed by atoms with Gasteiger partial charge in [-0.2, -0.15) is 4.68 Å². The van der Waals surface area contributed by atoms with Gasteiger partial charge in [0.25, 0.3) is 0 Å². The van der Waals surface area contributed by atoms with Gasteiger partial charge in [0, 0.05) is 12.2 Å². The van der Waals surface area contributed by atoms with Crippen LogP contribution in [0.15, 0.2) is 65.3 Å². The van der Waals surface area contributed by atoms with Crippen LogP contribution >= 0.6 is 0 Å². The van der Waals surface area contributed by atoms with E-state index >= 15 is 0 Å². The van der Waals surface area contributed by atoms with Crippen LogP contribution < -0.4 is 0 Å². The number of tetrazole rings is 1. The molecule has 4 heterocycles. The summed E-state index contributed by atoms with van der Waals surface area (Å²) in [5, 5.41) is 12.3. The van der Waals surface area contributed by atoms with Gasteiger partial charge < -0.3 is 4.42 Å². The summed E-state index contributed by atoms with van der Waals surface area (Å²) in [5.41, 5.74) is 3.57. The highest BCUT2D eigenvalue weighted by Crippen LogP contribution is 2.36. The Labute approximate surface area is 162 Å². The van der Waals surface area contributed by atoms with Gasteiger partial charge in [-0.15, -0.1) is 5.10 Å². The minimum atomic E-state index is 0.0376. The fourth-order valence-electron chi connectivity index (χ4n) is 3.88. The predicted octanol–water partition coefficient (Wildman–Crippen LogP) is 3.11. The number of nitrogens with zero attached hydrogens (tertiary/aromatic N) is 6. The normalized spacial score (nSPS) is 16.8. The van der Waals surface area contributed by atoms with E-state index in [4.69, 9.17) is 4.42 Å². The first-order chi connectivity index (χ1) is 13.8. The summed E-state index contributed by atoms with van der Waals surface area (Å²) in [6.45, 7) is 3.46. The number of aryl methyl sites for hydroxylation is 1.